The molecule has 5 heteroatoms. The van der Waals surface area contributed by atoms with E-state index in [1.807, 2.05) is 36.4 Å². The SMILES string of the molecule is Cc1ccc(NC(=O)c2ccc(CSc3ccc(Cl)cc3)cc2)cc1F. The molecule has 2 nitrogen and oxygen atoms in total. The number of carbonyl (C=O) groups excluding carboxylic acids is 1. The van der Waals surface area contributed by atoms with E-state index in [1.54, 1.807) is 43.0 Å². The third-order valence-electron chi connectivity index (χ3n) is 3.86. The Kier molecular flexibility index (Phi) is 5.96. The molecule has 0 radical (unpaired) electrons. The molecule has 0 aliphatic rings. The van der Waals surface area contributed by atoms with Gasteiger partial charge in [0, 0.05) is 26.9 Å². The Hall–Kier alpha value is -2.30. The highest BCUT2D eigenvalue weighted by atomic mass is 35.5. The molecule has 0 heterocycles. The van der Waals surface area contributed by atoms with E-state index < -0.39 is 0 Å². The molecule has 0 fully saturated rings. The minimum atomic E-state index is -0.336. The fourth-order valence-corrected chi connectivity index (χ4v) is 3.30. The summed E-state index contributed by atoms with van der Waals surface area (Å²) in [6, 6.07) is 19.7. The maximum atomic E-state index is 13.6. The van der Waals surface area contributed by atoms with Crippen LogP contribution in [-0.4, -0.2) is 5.91 Å². The number of thioether (sulfide) groups is 1. The molecule has 1 N–H and O–H groups in total. The lowest BCUT2D eigenvalue weighted by Gasteiger charge is -2.07. The van der Waals surface area contributed by atoms with Gasteiger partial charge in [-0.05, 0) is 66.6 Å². The van der Waals surface area contributed by atoms with Crippen molar-refractivity contribution >= 4 is 35.0 Å². The highest BCUT2D eigenvalue weighted by Gasteiger charge is 2.08. The van der Waals surface area contributed by atoms with Gasteiger partial charge in [0.05, 0.1) is 0 Å². The fourth-order valence-electron chi connectivity index (χ4n) is 2.32. The fraction of sp³-hybridized carbons (Fsp3) is 0.0952. The Bertz CT molecular complexity index is 910. The number of nitrogens with one attached hydrogen (secondary N) is 1. The molecule has 26 heavy (non-hydrogen) atoms. The van der Waals surface area contributed by atoms with E-state index in [-0.39, 0.29) is 11.7 Å². The molecule has 0 bridgehead atoms. The molecule has 0 aliphatic heterocycles. The summed E-state index contributed by atoms with van der Waals surface area (Å²) in [4.78, 5) is 13.4. The van der Waals surface area contributed by atoms with Gasteiger partial charge in [-0.15, -0.1) is 11.8 Å². The molecular weight excluding hydrogens is 369 g/mol. The predicted molar refractivity (Wildman–Crippen MR) is 107 cm³/mol. The molecule has 0 aliphatic carbocycles. The van der Waals surface area contributed by atoms with E-state index in [9.17, 15) is 9.18 Å². The number of rotatable bonds is 5. The Morgan fingerprint density at radius 1 is 1.04 bits per heavy atom. The van der Waals surface area contributed by atoms with Crippen molar-refractivity contribution in [2.75, 3.05) is 5.32 Å². The summed E-state index contributed by atoms with van der Waals surface area (Å²) < 4.78 is 13.6. The molecule has 0 atom stereocenters. The van der Waals surface area contributed by atoms with E-state index >= 15 is 0 Å². The molecule has 0 spiro atoms. The maximum Gasteiger partial charge on any atom is 0.255 e. The zero-order chi connectivity index (χ0) is 18.5. The normalized spacial score (nSPS) is 10.6. The van der Waals surface area contributed by atoms with Gasteiger partial charge < -0.3 is 5.32 Å². The highest BCUT2D eigenvalue weighted by Crippen LogP contribution is 2.24. The lowest BCUT2D eigenvalue weighted by molar-refractivity contribution is 0.102. The van der Waals surface area contributed by atoms with Crippen LogP contribution in [0.3, 0.4) is 0 Å². The van der Waals surface area contributed by atoms with Crippen LogP contribution in [0.4, 0.5) is 10.1 Å². The van der Waals surface area contributed by atoms with E-state index in [4.69, 9.17) is 11.6 Å². The molecule has 0 aromatic heterocycles. The first-order valence-electron chi connectivity index (χ1n) is 8.06. The number of benzene rings is 3. The molecule has 1 amide bonds. The van der Waals surface area contributed by atoms with Crippen molar-refractivity contribution in [3.63, 3.8) is 0 Å². The molecule has 3 rings (SSSR count). The van der Waals surface area contributed by atoms with E-state index in [0.717, 1.165) is 21.2 Å². The number of amides is 1. The Morgan fingerprint density at radius 3 is 2.38 bits per heavy atom. The van der Waals surface area contributed by atoms with Gasteiger partial charge in [0.1, 0.15) is 5.82 Å². The smallest absolute Gasteiger partial charge is 0.255 e. The van der Waals surface area contributed by atoms with Crippen LogP contribution in [0.2, 0.25) is 5.02 Å². The quantitative estimate of drug-likeness (QED) is 0.520. The van der Waals surface area contributed by atoms with Gasteiger partial charge in [-0.1, -0.05) is 29.8 Å². The number of anilines is 1. The van der Waals surface area contributed by atoms with Gasteiger partial charge in [0.2, 0.25) is 0 Å². The van der Waals surface area contributed by atoms with Crippen LogP contribution in [0.5, 0.6) is 0 Å². The second-order valence-corrected chi connectivity index (χ2v) is 7.34. The van der Waals surface area contributed by atoms with Gasteiger partial charge >= 0.3 is 0 Å². The summed E-state index contributed by atoms with van der Waals surface area (Å²) in [7, 11) is 0. The Labute approximate surface area is 161 Å². The number of hydrogen-bond acceptors (Lipinski definition) is 2. The van der Waals surface area contributed by atoms with Gasteiger partial charge in [-0.2, -0.15) is 0 Å². The molecule has 0 unspecified atom stereocenters. The highest BCUT2D eigenvalue weighted by molar-refractivity contribution is 7.98. The van der Waals surface area contributed by atoms with Gasteiger partial charge in [0.25, 0.3) is 5.91 Å². The minimum absolute atomic E-state index is 0.259. The van der Waals surface area contributed by atoms with E-state index in [2.05, 4.69) is 5.32 Å². The van der Waals surface area contributed by atoms with Crippen molar-refractivity contribution in [3.05, 3.63) is 94.3 Å². The van der Waals surface area contributed by atoms with E-state index in [0.29, 0.717) is 16.8 Å². The summed E-state index contributed by atoms with van der Waals surface area (Å²) in [5, 5.41) is 3.43. The standard InChI is InChI=1S/C21H17ClFNOS/c1-14-2-9-18(12-20(14)23)24-21(25)16-5-3-15(4-6-16)13-26-19-10-7-17(22)8-11-19/h2-12H,13H2,1H3,(H,24,25). The van der Waals surface area contributed by atoms with Crippen LogP contribution in [0, 0.1) is 12.7 Å². The first-order chi connectivity index (χ1) is 12.5. The van der Waals surface area contributed by atoms with Crippen molar-refractivity contribution in [3.8, 4) is 0 Å². The minimum Gasteiger partial charge on any atom is -0.322 e. The zero-order valence-electron chi connectivity index (χ0n) is 14.1. The summed E-state index contributed by atoms with van der Waals surface area (Å²) in [6.45, 7) is 1.68. The Morgan fingerprint density at radius 2 is 1.73 bits per heavy atom. The molecule has 0 saturated carbocycles. The average molecular weight is 386 g/mol. The monoisotopic (exact) mass is 385 g/mol. The van der Waals surface area contributed by atoms with Gasteiger partial charge in [-0.3, -0.25) is 4.79 Å². The number of carbonyl (C=O) groups is 1. The third kappa shape index (κ3) is 4.87. The second kappa shape index (κ2) is 8.39. The van der Waals surface area contributed by atoms with Crippen LogP contribution < -0.4 is 5.32 Å². The van der Waals surface area contributed by atoms with Gasteiger partial charge in [0.15, 0.2) is 0 Å². The van der Waals surface area contributed by atoms with E-state index in [1.165, 1.54) is 6.07 Å². The van der Waals surface area contributed by atoms with Crippen LogP contribution in [0.25, 0.3) is 0 Å². The Balaban J connectivity index is 1.60. The van der Waals surface area contributed by atoms with Crippen molar-refractivity contribution < 1.29 is 9.18 Å². The lowest BCUT2D eigenvalue weighted by atomic mass is 10.1. The van der Waals surface area contributed by atoms with Crippen molar-refractivity contribution in [1.29, 1.82) is 0 Å². The molecule has 3 aromatic carbocycles. The summed E-state index contributed by atoms with van der Waals surface area (Å²) >= 11 is 7.58. The van der Waals surface area contributed by atoms with Crippen molar-refractivity contribution in [2.24, 2.45) is 0 Å². The molecule has 0 saturated heterocycles. The summed E-state index contributed by atoms with van der Waals surface area (Å²) in [6.07, 6.45) is 0. The topological polar surface area (TPSA) is 29.1 Å². The first-order valence-corrected chi connectivity index (χ1v) is 9.42. The molecular formula is C21H17ClFNOS. The predicted octanol–water partition coefficient (Wildman–Crippen LogP) is 6.33. The molecule has 3 aromatic rings. The van der Waals surface area contributed by atoms with Crippen LogP contribution >= 0.6 is 23.4 Å². The second-order valence-electron chi connectivity index (χ2n) is 5.86. The maximum absolute atomic E-state index is 13.6. The van der Waals surface area contributed by atoms with Crippen molar-refractivity contribution in [2.45, 2.75) is 17.6 Å². The number of hydrogen-bond donors (Lipinski definition) is 1. The number of halogens is 2. The summed E-state index contributed by atoms with van der Waals surface area (Å²) in [5.74, 6) is 0.203. The lowest BCUT2D eigenvalue weighted by Crippen LogP contribution is -2.12. The zero-order valence-corrected chi connectivity index (χ0v) is 15.7. The average Bonchev–Trinajstić information content (AvgIpc) is 2.65. The van der Waals surface area contributed by atoms with Crippen LogP contribution in [-0.2, 0) is 5.75 Å². The van der Waals surface area contributed by atoms with Crippen molar-refractivity contribution in [1.82, 2.24) is 0 Å². The van der Waals surface area contributed by atoms with Crippen LogP contribution in [0.1, 0.15) is 21.5 Å². The van der Waals surface area contributed by atoms with Crippen LogP contribution in [0.15, 0.2) is 71.6 Å². The van der Waals surface area contributed by atoms with Gasteiger partial charge in [-0.25, -0.2) is 4.39 Å². The summed E-state index contributed by atoms with van der Waals surface area (Å²) in [5.41, 5.74) is 2.64. The third-order valence-corrected chi connectivity index (χ3v) is 5.20. The molecule has 132 valence electrons. The first kappa shape index (κ1) is 18.5. The number of aryl methyl sites for hydroxylation is 1. The largest absolute Gasteiger partial charge is 0.322 e.